The van der Waals surface area contributed by atoms with E-state index in [9.17, 15) is 18.5 Å². The smallest absolute Gasteiger partial charge is 0.284 e. The number of sulfonamides is 1. The van der Waals surface area contributed by atoms with Crippen molar-refractivity contribution in [1.29, 1.82) is 0 Å². The number of thioether (sulfide) groups is 1. The highest BCUT2D eigenvalue weighted by molar-refractivity contribution is 8.23. The van der Waals surface area contributed by atoms with Gasteiger partial charge in [-0.3, -0.25) is 10.1 Å². The zero-order valence-corrected chi connectivity index (χ0v) is 15.0. The number of thiocarbonyl (C=S) groups is 1. The maximum Gasteiger partial charge on any atom is 0.284 e. The van der Waals surface area contributed by atoms with Gasteiger partial charge in [-0.05, 0) is 26.0 Å². The van der Waals surface area contributed by atoms with Gasteiger partial charge in [0.05, 0.1) is 14.7 Å². The molecule has 1 N–H and O–H groups in total. The van der Waals surface area contributed by atoms with Crippen molar-refractivity contribution in [3.63, 3.8) is 0 Å². The first kappa shape index (κ1) is 18.8. The molecule has 0 unspecified atom stereocenters. The van der Waals surface area contributed by atoms with Crippen LogP contribution in [0.15, 0.2) is 28.0 Å². The third-order valence-electron chi connectivity index (χ3n) is 2.39. The van der Waals surface area contributed by atoms with Crippen molar-refractivity contribution in [2.45, 2.75) is 29.7 Å². The number of hydrogen-bond donors (Lipinski definition) is 1. The van der Waals surface area contributed by atoms with E-state index in [4.69, 9.17) is 12.2 Å². The molecule has 0 radical (unpaired) electrons. The molecular formula is C12H17N3O4S3. The van der Waals surface area contributed by atoms with Crippen LogP contribution in [0, 0.1) is 10.1 Å². The Kier molecular flexibility index (Phi) is 6.29. The average Bonchev–Trinajstić information content (AvgIpc) is 2.36. The van der Waals surface area contributed by atoms with Gasteiger partial charge in [0.2, 0.25) is 10.0 Å². The van der Waals surface area contributed by atoms with E-state index >= 15 is 0 Å². The van der Waals surface area contributed by atoms with Crippen LogP contribution in [0.4, 0.5) is 5.69 Å². The van der Waals surface area contributed by atoms with Gasteiger partial charge in [-0.25, -0.2) is 13.1 Å². The summed E-state index contributed by atoms with van der Waals surface area (Å²) in [5.74, 6) is 0. The van der Waals surface area contributed by atoms with E-state index in [1.807, 2.05) is 0 Å². The van der Waals surface area contributed by atoms with E-state index in [1.165, 1.54) is 12.1 Å². The largest absolute Gasteiger partial charge is 0.363 e. The van der Waals surface area contributed by atoms with Crippen LogP contribution < -0.4 is 4.72 Å². The van der Waals surface area contributed by atoms with Gasteiger partial charge >= 0.3 is 0 Å². The summed E-state index contributed by atoms with van der Waals surface area (Å²) in [4.78, 5) is 12.4. The normalized spacial score (nSPS) is 11.5. The molecule has 1 rings (SSSR count). The first-order chi connectivity index (χ1) is 10.0. The molecule has 10 heteroatoms. The fourth-order valence-corrected chi connectivity index (χ4v) is 3.74. The van der Waals surface area contributed by atoms with Crippen LogP contribution in [0.25, 0.3) is 0 Å². The molecular weight excluding hydrogens is 346 g/mol. The summed E-state index contributed by atoms with van der Waals surface area (Å²) >= 11 is 6.15. The summed E-state index contributed by atoms with van der Waals surface area (Å²) in [7, 11) is -0.327. The predicted molar refractivity (Wildman–Crippen MR) is 90.7 cm³/mol. The number of hydrogen-bond acceptors (Lipinski definition) is 6. The van der Waals surface area contributed by atoms with Crippen molar-refractivity contribution in [1.82, 2.24) is 9.62 Å². The van der Waals surface area contributed by atoms with E-state index in [-0.39, 0.29) is 16.6 Å². The first-order valence-electron chi connectivity index (χ1n) is 6.24. The molecule has 0 fully saturated rings. The Hall–Kier alpha value is -1.23. The Bertz CT molecular complexity index is 687. The molecule has 7 nitrogen and oxygen atoms in total. The monoisotopic (exact) mass is 363 g/mol. The lowest BCUT2D eigenvalue weighted by atomic mass is 10.3. The highest BCUT2D eigenvalue weighted by Crippen LogP contribution is 2.32. The SMILES string of the molecule is CC(C)NS(=O)(=O)c1ccc(SC(=S)N(C)C)c([N+](=O)[O-])c1. The molecule has 1 aromatic carbocycles. The van der Waals surface area contributed by atoms with Crippen LogP contribution in [-0.4, -0.2) is 42.7 Å². The molecule has 0 bridgehead atoms. The van der Waals surface area contributed by atoms with E-state index < -0.39 is 14.9 Å². The number of rotatable bonds is 5. The molecule has 0 saturated carbocycles. The quantitative estimate of drug-likeness (QED) is 0.371. The molecule has 0 aliphatic rings. The van der Waals surface area contributed by atoms with Crippen molar-refractivity contribution in [2.75, 3.05) is 14.1 Å². The van der Waals surface area contributed by atoms with Crippen LogP contribution in [0.3, 0.4) is 0 Å². The van der Waals surface area contributed by atoms with Gasteiger partial charge in [-0.1, -0.05) is 24.0 Å². The zero-order chi connectivity index (χ0) is 17.1. The lowest BCUT2D eigenvalue weighted by molar-refractivity contribution is -0.387. The average molecular weight is 363 g/mol. The van der Waals surface area contributed by atoms with Crippen LogP contribution in [-0.2, 0) is 10.0 Å². The predicted octanol–water partition coefficient (Wildman–Crippen LogP) is 2.22. The molecule has 0 atom stereocenters. The minimum atomic E-state index is -3.78. The molecule has 0 saturated heterocycles. The van der Waals surface area contributed by atoms with Crippen molar-refractivity contribution in [3.05, 3.63) is 28.3 Å². The third-order valence-corrected chi connectivity index (χ3v) is 5.77. The van der Waals surface area contributed by atoms with Gasteiger partial charge in [0.25, 0.3) is 5.69 Å². The summed E-state index contributed by atoms with van der Waals surface area (Å²) in [6.45, 7) is 3.34. The summed E-state index contributed by atoms with van der Waals surface area (Å²) in [5, 5.41) is 11.2. The minimum Gasteiger partial charge on any atom is -0.363 e. The molecule has 1 aromatic rings. The summed E-state index contributed by atoms with van der Waals surface area (Å²) in [6.07, 6.45) is 0. The van der Waals surface area contributed by atoms with E-state index in [2.05, 4.69) is 4.72 Å². The molecule has 0 aliphatic heterocycles. The number of nitrogens with one attached hydrogen (secondary N) is 1. The number of nitro benzene ring substituents is 1. The maximum absolute atomic E-state index is 12.1. The van der Waals surface area contributed by atoms with Gasteiger partial charge < -0.3 is 4.90 Å². The molecule has 0 aromatic heterocycles. The fourth-order valence-electron chi connectivity index (χ4n) is 1.46. The van der Waals surface area contributed by atoms with Crippen LogP contribution in [0.2, 0.25) is 0 Å². The Morgan fingerprint density at radius 1 is 1.41 bits per heavy atom. The van der Waals surface area contributed by atoms with Crippen LogP contribution in [0.5, 0.6) is 0 Å². The first-order valence-corrected chi connectivity index (χ1v) is 8.95. The van der Waals surface area contributed by atoms with Gasteiger partial charge in [0.1, 0.15) is 4.32 Å². The number of nitrogens with zero attached hydrogens (tertiary/aromatic N) is 2. The molecule has 0 heterocycles. The topological polar surface area (TPSA) is 92.6 Å². The lowest BCUT2D eigenvalue weighted by Crippen LogP contribution is -2.30. The van der Waals surface area contributed by atoms with Crippen LogP contribution >= 0.6 is 24.0 Å². The fraction of sp³-hybridized carbons (Fsp3) is 0.417. The standard InChI is InChI=1S/C12H17N3O4S3/c1-8(2)13-22(18,19)9-5-6-11(10(7-9)15(16)17)21-12(20)14(3)4/h5-8,13H,1-4H3. The second kappa shape index (κ2) is 7.36. The highest BCUT2D eigenvalue weighted by Gasteiger charge is 2.23. The van der Waals surface area contributed by atoms with Crippen molar-refractivity contribution >= 4 is 44.0 Å². The second-order valence-corrected chi connectivity index (χ2v) is 8.31. The van der Waals surface area contributed by atoms with E-state index in [0.29, 0.717) is 9.22 Å². The van der Waals surface area contributed by atoms with E-state index in [1.54, 1.807) is 32.8 Å². The zero-order valence-electron chi connectivity index (χ0n) is 12.6. The number of benzene rings is 1. The third kappa shape index (κ3) is 4.90. The molecule has 0 amide bonds. The maximum atomic E-state index is 12.1. The van der Waals surface area contributed by atoms with Gasteiger partial charge in [0, 0.05) is 26.2 Å². The van der Waals surface area contributed by atoms with Crippen molar-refractivity contribution in [3.8, 4) is 0 Å². The Morgan fingerprint density at radius 3 is 2.45 bits per heavy atom. The molecule has 22 heavy (non-hydrogen) atoms. The summed E-state index contributed by atoms with van der Waals surface area (Å²) in [6, 6.07) is 3.47. The van der Waals surface area contributed by atoms with Gasteiger partial charge in [-0.2, -0.15) is 0 Å². The minimum absolute atomic E-state index is 0.145. The summed E-state index contributed by atoms with van der Waals surface area (Å²) in [5.41, 5.74) is -0.291. The van der Waals surface area contributed by atoms with Crippen LogP contribution in [0.1, 0.15) is 13.8 Å². The second-order valence-electron chi connectivity index (χ2n) is 4.93. The van der Waals surface area contributed by atoms with Gasteiger partial charge in [0.15, 0.2) is 0 Å². The highest BCUT2D eigenvalue weighted by atomic mass is 32.2. The van der Waals surface area contributed by atoms with Gasteiger partial charge in [-0.15, -0.1) is 0 Å². The Labute approximate surface area is 139 Å². The van der Waals surface area contributed by atoms with E-state index in [0.717, 1.165) is 17.8 Å². The molecule has 0 aliphatic carbocycles. The lowest BCUT2D eigenvalue weighted by Gasteiger charge is -2.13. The molecule has 0 spiro atoms. The van der Waals surface area contributed by atoms with Crippen molar-refractivity contribution in [2.24, 2.45) is 0 Å². The molecule has 122 valence electrons. The summed E-state index contributed by atoms with van der Waals surface area (Å²) < 4.78 is 27.0. The Morgan fingerprint density at radius 2 is 2.00 bits per heavy atom. The van der Waals surface area contributed by atoms with Crippen molar-refractivity contribution < 1.29 is 13.3 Å². The Balaban J connectivity index is 3.26. The number of nitro groups is 1.